The molecule has 0 fully saturated rings. The van der Waals surface area contributed by atoms with Gasteiger partial charge in [0.05, 0.1) is 10.8 Å². The lowest BCUT2D eigenvalue weighted by atomic mass is 10.3. The third-order valence-electron chi connectivity index (χ3n) is 2.75. The van der Waals surface area contributed by atoms with Gasteiger partial charge in [-0.15, -0.1) is 11.8 Å². The van der Waals surface area contributed by atoms with Gasteiger partial charge in [0.25, 0.3) is 0 Å². The summed E-state index contributed by atoms with van der Waals surface area (Å²) in [6.07, 6.45) is 0.590. The Labute approximate surface area is 134 Å². The zero-order chi connectivity index (χ0) is 15.1. The number of amides is 1. The lowest BCUT2D eigenvalue weighted by Gasteiger charge is -2.26. The fraction of sp³-hybridized carbons (Fsp3) is 0.500. The molecule has 0 saturated heterocycles. The predicted octanol–water partition coefficient (Wildman–Crippen LogP) is 3.70. The Morgan fingerprint density at radius 2 is 2.10 bits per heavy atom. The maximum Gasteiger partial charge on any atom is 0.233 e. The van der Waals surface area contributed by atoms with Gasteiger partial charge >= 0.3 is 0 Å². The second-order valence-electron chi connectivity index (χ2n) is 4.62. The van der Waals surface area contributed by atoms with Crippen molar-refractivity contribution >= 4 is 40.9 Å². The highest BCUT2D eigenvalue weighted by atomic mass is 35.5. The Balaban J connectivity index is 2.62. The lowest BCUT2D eigenvalue weighted by Crippen LogP contribution is -2.39. The number of aliphatic hydroxyl groups excluding tert-OH is 1. The number of benzene rings is 1. The average molecular weight is 336 g/mol. The van der Waals surface area contributed by atoms with Crippen LogP contribution in [0.25, 0.3) is 0 Å². The van der Waals surface area contributed by atoms with Crippen molar-refractivity contribution in [3.63, 3.8) is 0 Å². The van der Waals surface area contributed by atoms with E-state index in [1.807, 2.05) is 13.8 Å². The second-order valence-corrected chi connectivity index (χ2v) is 6.48. The van der Waals surface area contributed by atoms with Gasteiger partial charge in [0.1, 0.15) is 0 Å². The molecule has 0 radical (unpaired) electrons. The van der Waals surface area contributed by atoms with Crippen LogP contribution in [0.2, 0.25) is 10.0 Å². The fourth-order valence-electron chi connectivity index (χ4n) is 1.72. The highest BCUT2D eigenvalue weighted by molar-refractivity contribution is 8.00. The van der Waals surface area contributed by atoms with E-state index in [2.05, 4.69) is 0 Å². The number of rotatable bonds is 7. The Hall–Kier alpha value is -0.420. The van der Waals surface area contributed by atoms with Crippen LogP contribution < -0.4 is 0 Å². The van der Waals surface area contributed by atoms with Crippen molar-refractivity contribution in [3.8, 4) is 0 Å². The molecule has 20 heavy (non-hydrogen) atoms. The SMILES string of the molecule is CC(C)N(CCCO)C(=O)CSc1cc(Cl)ccc1Cl. The molecule has 0 atom stereocenters. The molecule has 1 N–H and O–H groups in total. The number of nitrogens with zero attached hydrogens (tertiary/aromatic N) is 1. The molecule has 1 aromatic rings. The smallest absolute Gasteiger partial charge is 0.233 e. The summed E-state index contributed by atoms with van der Waals surface area (Å²) in [5, 5.41) is 10.1. The minimum atomic E-state index is 0.0366. The number of aliphatic hydroxyl groups is 1. The molecule has 3 nitrogen and oxygen atoms in total. The zero-order valence-corrected chi connectivity index (χ0v) is 13.9. The summed E-state index contributed by atoms with van der Waals surface area (Å²) in [6.45, 7) is 4.58. The van der Waals surface area contributed by atoms with Crippen LogP contribution in [0.3, 0.4) is 0 Å². The van der Waals surface area contributed by atoms with Gasteiger partial charge in [0.15, 0.2) is 0 Å². The van der Waals surface area contributed by atoms with Crippen LogP contribution in [0.5, 0.6) is 0 Å². The molecular weight excluding hydrogens is 317 g/mol. The third kappa shape index (κ3) is 5.52. The molecule has 0 unspecified atom stereocenters. The van der Waals surface area contributed by atoms with Crippen molar-refractivity contribution in [1.29, 1.82) is 0 Å². The third-order valence-corrected chi connectivity index (χ3v) is 4.46. The molecule has 1 rings (SSSR count). The topological polar surface area (TPSA) is 40.5 Å². The number of hydrogen-bond acceptors (Lipinski definition) is 3. The molecule has 0 aliphatic rings. The molecule has 0 saturated carbocycles. The van der Waals surface area contributed by atoms with Gasteiger partial charge in [0, 0.05) is 29.1 Å². The first-order chi connectivity index (χ1) is 9.45. The summed E-state index contributed by atoms with van der Waals surface area (Å²) >= 11 is 13.4. The quantitative estimate of drug-likeness (QED) is 0.772. The van der Waals surface area contributed by atoms with E-state index in [0.29, 0.717) is 28.8 Å². The molecule has 0 bridgehead atoms. The van der Waals surface area contributed by atoms with E-state index < -0.39 is 0 Å². The monoisotopic (exact) mass is 335 g/mol. The largest absolute Gasteiger partial charge is 0.396 e. The Bertz CT molecular complexity index is 455. The van der Waals surface area contributed by atoms with E-state index in [1.54, 1.807) is 23.1 Å². The van der Waals surface area contributed by atoms with E-state index >= 15 is 0 Å². The summed E-state index contributed by atoms with van der Waals surface area (Å²) in [6, 6.07) is 5.32. The van der Waals surface area contributed by atoms with Crippen LogP contribution in [0.15, 0.2) is 23.1 Å². The van der Waals surface area contributed by atoms with Gasteiger partial charge in [-0.1, -0.05) is 23.2 Å². The number of carbonyl (C=O) groups excluding carboxylic acids is 1. The number of halogens is 2. The Morgan fingerprint density at radius 3 is 2.70 bits per heavy atom. The van der Waals surface area contributed by atoms with Crippen LogP contribution in [0.1, 0.15) is 20.3 Å². The number of carbonyl (C=O) groups is 1. The maximum absolute atomic E-state index is 12.2. The van der Waals surface area contributed by atoms with Crippen LogP contribution in [0.4, 0.5) is 0 Å². The maximum atomic E-state index is 12.2. The van der Waals surface area contributed by atoms with Gasteiger partial charge in [0.2, 0.25) is 5.91 Å². The normalized spacial score (nSPS) is 10.9. The fourth-order valence-corrected chi connectivity index (χ4v) is 3.10. The minimum absolute atomic E-state index is 0.0366. The van der Waals surface area contributed by atoms with E-state index in [4.69, 9.17) is 28.3 Å². The van der Waals surface area contributed by atoms with Crippen LogP contribution in [0, 0.1) is 0 Å². The molecule has 0 heterocycles. The molecular formula is C14H19Cl2NO2S. The minimum Gasteiger partial charge on any atom is -0.396 e. The van der Waals surface area contributed by atoms with Crippen LogP contribution >= 0.6 is 35.0 Å². The summed E-state index contributed by atoms with van der Waals surface area (Å²) in [4.78, 5) is 14.8. The van der Waals surface area contributed by atoms with E-state index in [9.17, 15) is 4.79 Å². The molecule has 6 heteroatoms. The first kappa shape index (κ1) is 17.6. The highest BCUT2D eigenvalue weighted by Gasteiger charge is 2.17. The number of hydrogen-bond donors (Lipinski definition) is 1. The molecule has 0 aliphatic carbocycles. The van der Waals surface area contributed by atoms with Gasteiger partial charge in [-0.2, -0.15) is 0 Å². The molecule has 0 spiro atoms. The molecule has 112 valence electrons. The van der Waals surface area contributed by atoms with Crippen molar-refractivity contribution in [3.05, 3.63) is 28.2 Å². The van der Waals surface area contributed by atoms with Gasteiger partial charge in [-0.05, 0) is 38.5 Å². The lowest BCUT2D eigenvalue weighted by molar-refractivity contribution is -0.130. The van der Waals surface area contributed by atoms with E-state index in [0.717, 1.165) is 4.90 Å². The van der Waals surface area contributed by atoms with Crippen LogP contribution in [-0.4, -0.2) is 40.9 Å². The molecule has 1 amide bonds. The first-order valence-corrected chi connectivity index (χ1v) is 8.18. The highest BCUT2D eigenvalue weighted by Crippen LogP contribution is 2.30. The summed E-state index contributed by atoms with van der Waals surface area (Å²) in [5.74, 6) is 0.346. The molecule has 0 aliphatic heterocycles. The average Bonchev–Trinajstić information content (AvgIpc) is 2.40. The van der Waals surface area contributed by atoms with Crippen molar-refractivity contribution < 1.29 is 9.90 Å². The van der Waals surface area contributed by atoms with Crippen molar-refractivity contribution in [2.75, 3.05) is 18.9 Å². The summed E-state index contributed by atoms with van der Waals surface area (Å²) in [7, 11) is 0. The van der Waals surface area contributed by atoms with Gasteiger partial charge in [-0.3, -0.25) is 4.79 Å². The molecule has 0 aromatic heterocycles. The van der Waals surface area contributed by atoms with E-state index in [-0.39, 0.29) is 18.6 Å². The standard InChI is InChI=1S/C14H19Cl2NO2S/c1-10(2)17(6-3-7-18)14(19)9-20-13-8-11(15)4-5-12(13)16/h4-5,8,10,18H,3,6-7,9H2,1-2H3. The van der Waals surface area contributed by atoms with Gasteiger partial charge < -0.3 is 10.0 Å². The zero-order valence-electron chi connectivity index (χ0n) is 11.6. The second kappa shape index (κ2) is 8.78. The molecule has 1 aromatic carbocycles. The Morgan fingerprint density at radius 1 is 1.40 bits per heavy atom. The van der Waals surface area contributed by atoms with E-state index in [1.165, 1.54) is 11.8 Å². The summed E-state index contributed by atoms with van der Waals surface area (Å²) in [5.41, 5.74) is 0. The van der Waals surface area contributed by atoms with Gasteiger partial charge in [-0.25, -0.2) is 0 Å². The van der Waals surface area contributed by atoms with Crippen LogP contribution in [-0.2, 0) is 4.79 Å². The predicted molar refractivity (Wildman–Crippen MR) is 85.7 cm³/mol. The Kier molecular flexibility index (Phi) is 7.74. The first-order valence-electron chi connectivity index (χ1n) is 6.44. The van der Waals surface area contributed by atoms with Crippen molar-refractivity contribution in [2.24, 2.45) is 0 Å². The summed E-state index contributed by atoms with van der Waals surface area (Å²) < 4.78 is 0. The number of thioether (sulfide) groups is 1. The van der Waals surface area contributed by atoms with Crippen molar-refractivity contribution in [1.82, 2.24) is 4.90 Å². The van der Waals surface area contributed by atoms with Crippen molar-refractivity contribution in [2.45, 2.75) is 31.2 Å².